The molecule has 8 heteroatoms. The maximum Gasteiger partial charge on any atom is 0.244 e. The fourth-order valence-electron chi connectivity index (χ4n) is 3.58. The van der Waals surface area contributed by atoms with Crippen molar-refractivity contribution in [2.75, 3.05) is 31.1 Å². The zero-order chi connectivity index (χ0) is 20.6. The lowest BCUT2D eigenvalue weighted by atomic mass is 10.1. The highest BCUT2D eigenvalue weighted by Crippen LogP contribution is 2.30. The lowest BCUT2D eigenvalue weighted by Gasteiger charge is -2.33. The molecule has 0 amide bonds. The molecule has 5 nitrogen and oxygen atoms in total. The SMILES string of the molecule is Cc1cc(C)cc(-c2csc(N3CCN(S(=O)(=O)c4ccccc4Br)CC3)n2)c1. The van der Waals surface area contributed by atoms with E-state index in [1.54, 1.807) is 33.8 Å². The first-order chi connectivity index (χ1) is 13.8. The van der Waals surface area contributed by atoms with Crippen molar-refractivity contribution in [3.05, 3.63) is 63.4 Å². The Morgan fingerprint density at radius 3 is 2.31 bits per heavy atom. The number of aromatic nitrogens is 1. The normalized spacial score (nSPS) is 15.6. The molecular weight excluding hydrogens is 470 g/mol. The first kappa shape index (κ1) is 20.5. The summed E-state index contributed by atoms with van der Waals surface area (Å²) in [5.41, 5.74) is 4.54. The minimum absolute atomic E-state index is 0.319. The van der Waals surface area contributed by atoms with Crippen LogP contribution in [0.5, 0.6) is 0 Å². The molecule has 1 saturated heterocycles. The summed E-state index contributed by atoms with van der Waals surface area (Å²) in [5, 5.41) is 3.02. The molecule has 1 aliphatic rings. The van der Waals surface area contributed by atoms with Gasteiger partial charge in [0.15, 0.2) is 5.13 Å². The van der Waals surface area contributed by atoms with Gasteiger partial charge in [-0.05, 0) is 54.0 Å². The Labute approximate surface area is 184 Å². The van der Waals surface area contributed by atoms with Crippen LogP contribution in [-0.2, 0) is 10.0 Å². The zero-order valence-electron chi connectivity index (χ0n) is 16.3. The van der Waals surface area contributed by atoms with Crippen molar-refractivity contribution >= 4 is 42.4 Å². The summed E-state index contributed by atoms with van der Waals surface area (Å²) in [4.78, 5) is 7.30. The van der Waals surface area contributed by atoms with Gasteiger partial charge in [-0.2, -0.15) is 4.31 Å². The first-order valence-corrected chi connectivity index (χ1v) is 12.5. The summed E-state index contributed by atoms with van der Waals surface area (Å²) in [6, 6.07) is 13.4. The number of sulfonamides is 1. The Kier molecular flexibility index (Phi) is 5.79. The molecule has 0 saturated carbocycles. The molecule has 1 aromatic heterocycles. The summed E-state index contributed by atoms with van der Waals surface area (Å²) in [6.45, 7) is 6.33. The number of halogens is 1. The third-order valence-electron chi connectivity index (χ3n) is 4.97. The maximum absolute atomic E-state index is 13.0. The standard InChI is InChI=1S/C21H22BrN3O2S2/c1-15-11-16(2)13-17(12-15)19-14-28-21(23-19)24-7-9-25(10-8-24)29(26,27)20-6-4-3-5-18(20)22/h3-6,11-14H,7-10H2,1-2H3. The van der Waals surface area contributed by atoms with Crippen LogP contribution in [0.1, 0.15) is 11.1 Å². The smallest absolute Gasteiger partial charge is 0.244 e. The van der Waals surface area contributed by atoms with Crippen LogP contribution in [0.15, 0.2) is 57.2 Å². The van der Waals surface area contributed by atoms with Gasteiger partial charge >= 0.3 is 0 Å². The Bertz CT molecular complexity index is 1120. The fraction of sp³-hybridized carbons (Fsp3) is 0.286. The number of hydrogen-bond donors (Lipinski definition) is 0. The lowest BCUT2D eigenvalue weighted by molar-refractivity contribution is 0.384. The molecule has 0 radical (unpaired) electrons. The van der Waals surface area contributed by atoms with Gasteiger partial charge in [0.2, 0.25) is 10.0 Å². The molecule has 152 valence electrons. The second-order valence-electron chi connectivity index (χ2n) is 7.21. The van der Waals surface area contributed by atoms with Gasteiger partial charge in [0, 0.05) is 41.6 Å². The van der Waals surface area contributed by atoms with E-state index in [-0.39, 0.29) is 0 Å². The maximum atomic E-state index is 13.0. The van der Waals surface area contributed by atoms with Crippen LogP contribution in [-0.4, -0.2) is 43.9 Å². The van der Waals surface area contributed by atoms with Crippen LogP contribution in [0.2, 0.25) is 0 Å². The molecule has 0 aliphatic carbocycles. The van der Waals surface area contributed by atoms with E-state index in [1.165, 1.54) is 11.1 Å². The van der Waals surface area contributed by atoms with Gasteiger partial charge in [-0.25, -0.2) is 13.4 Å². The van der Waals surface area contributed by atoms with Crippen LogP contribution >= 0.6 is 27.3 Å². The third-order valence-corrected chi connectivity index (χ3v) is 8.79. The molecule has 0 unspecified atom stereocenters. The van der Waals surface area contributed by atoms with Gasteiger partial charge in [-0.1, -0.05) is 29.3 Å². The van der Waals surface area contributed by atoms with E-state index in [2.05, 4.69) is 58.3 Å². The molecule has 4 rings (SSSR count). The molecule has 2 aromatic carbocycles. The van der Waals surface area contributed by atoms with E-state index in [4.69, 9.17) is 4.98 Å². The van der Waals surface area contributed by atoms with E-state index in [0.717, 1.165) is 16.4 Å². The lowest BCUT2D eigenvalue weighted by Crippen LogP contribution is -2.48. The van der Waals surface area contributed by atoms with E-state index in [0.29, 0.717) is 35.5 Å². The van der Waals surface area contributed by atoms with Crippen LogP contribution < -0.4 is 4.90 Å². The minimum atomic E-state index is -3.50. The summed E-state index contributed by atoms with van der Waals surface area (Å²) < 4.78 is 28.1. The second kappa shape index (κ2) is 8.18. The van der Waals surface area contributed by atoms with Crippen molar-refractivity contribution in [2.45, 2.75) is 18.7 Å². The van der Waals surface area contributed by atoms with E-state index in [9.17, 15) is 8.42 Å². The molecule has 0 spiro atoms. The van der Waals surface area contributed by atoms with Gasteiger partial charge in [0.05, 0.1) is 10.6 Å². The summed E-state index contributed by atoms with van der Waals surface area (Å²) >= 11 is 4.97. The number of aryl methyl sites for hydroxylation is 2. The highest BCUT2D eigenvalue weighted by atomic mass is 79.9. The van der Waals surface area contributed by atoms with Gasteiger partial charge < -0.3 is 4.90 Å². The van der Waals surface area contributed by atoms with Gasteiger partial charge in [-0.3, -0.25) is 0 Å². The molecule has 0 atom stereocenters. The van der Waals surface area contributed by atoms with Crippen molar-refractivity contribution in [2.24, 2.45) is 0 Å². The van der Waals surface area contributed by atoms with Crippen LogP contribution in [0, 0.1) is 13.8 Å². The second-order valence-corrected chi connectivity index (χ2v) is 10.8. The minimum Gasteiger partial charge on any atom is -0.345 e. The Balaban J connectivity index is 1.48. The molecule has 3 aromatic rings. The van der Waals surface area contributed by atoms with Crippen LogP contribution in [0.3, 0.4) is 0 Å². The topological polar surface area (TPSA) is 53.5 Å². The van der Waals surface area contributed by atoms with Gasteiger partial charge in [-0.15, -0.1) is 11.3 Å². The Hall–Kier alpha value is -1.74. The number of thiazole rings is 1. The monoisotopic (exact) mass is 491 g/mol. The van der Waals surface area contributed by atoms with Crippen molar-refractivity contribution in [1.29, 1.82) is 0 Å². The predicted octanol–water partition coefficient (Wildman–Crippen LogP) is 4.70. The first-order valence-electron chi connectivity index (χ1n) is 9.38. The summed E-state index contributed by atoms with van der Waals surface area (Å²) in [5.74, 6) is 0. The highest BCUT2D eigenvalue weighted by Gasteiger charge is 2.30. The molecule has 1 fully saturated rings. The third kappa shape index (κ3) is 4.26. The predicted molar refractivity (Wildman–Crippen MR) is 122 cm³/mol. The van der Waals surface area contributed by atoms with Crippen molar-refractivity contribution in [1.82, 2.24) is 9.29 Å². The Morgan fingerprint density at radius 1 is 1.00 bits per heavy atom. The van der Waals surface area contributed by atoms with Gasteiger partial charge in [0.1, 0.15) is 0 Å². The molecular formula is C21H22BrN3O2S2. The molecule has 2 heterocycles. The zero-order valence-corrected chi connectivity index (χ0v) is 19.5. The van der Waals surface area contributed by atoms with E-state index < -0.39 is 10.0 Å². The van der Waals surface area contributed by atoms with Gasteiger partial charge in [0.25, 0.3) is 0 Å². The fourth-order valence-corrected chi connectivity index (χ4v) is 6.85. The summed E-state index contributed by atoms with van der Waals surface area (Å²) in [7, 11) is -3.50. The number of nitrogens with zero attached hydrogens (tertiary/aromatic N) is 3. The van der Waals surface area contributed by atoms with E-state index in [1.807, 2.05) is 6.07 Å². The van der Waals surface area contributed by atoms with Crippen LogP contribution in [0.4, 0.5) is 5.13 Å². The van der Waals surface area contributed by atoms with Crippen molar-refractivity contribution in [3.63, 3.8) is 0 Å². The van der Waals surface area contributed by atoms with Crippen LogP contribution in [0.25, 0.3) is 11.3 Å². The van der Waals surface area contributed by atoms with Crippen molar-refractivity contribution in [3.8, 4) is 11.3 Å². The summed E-state index contributed by atoms with van der Waals surface area (Å²) in [6.07, 6.45) is 0. The average molecular weight is 492 g/mol. The Morgan fingerprint density at radius 2 is 1.66 bits per heavy atom. The highest BCUT2D eigenvalue weighted by molar-refractivity contribution is 9.10. The molecule has 0 N–H and O–H groups in total. The molecule has 29 heavy (non-hydrogen) atoms. The average Bonchev–Trinajstić information content (AvgIpc) is 3.18. The number of rotatable bonds is 4. The molecule has 0 bridgehead atoms. The number of benzene rings is 2. The van der Waals surface area contributed by atoms with Crippen molar-refractivity contribution < 1.29 is 8.42 Å². The number of hydrogen-bond acceptors (Lipinski definition) is 5. The number of anilines is 1. The largest absolute Gasteiger partial charge is 0.345 e. The quantitative estimate of drug-likeness (QED) is 0.530. The number of piperazine rings is 1. The molecule has 1 aliphatic heterocycles. The van der Waals surface area contributed by atoms with E-state index >= 15 is 0 Å².